The van der Waals surface area contributed by atoms with Crippen LogP contribution in [0, 0.1) is 0 Å². The van der Waals surface area contributed by atoms with Crippen molar-refractivity contribution in [3.8, 4) is 5.75 Å². The summed E-state index contributed by atoms with van der Waals surface area (Å²) in [5.41, 5.74) is 0. The molecular weight excluding hydrogens is 394 g/mol. The van der Waals surface area contributed by atoms with Gasteiger partial charge in [0.05, 0.1) is 0 Å². The Morgan fingerprint density at radius 2 is 1.83 bits per heavy atom. The summed E-state index contributed by atoms with van der Waals surface area (Å²) in [6.07, 6.45) is 0. The SMILES string of the molecule is Cl[PH3]Oc1ccc(Br)c(Br)c1Br. The van der Waals surface area contributed by atoms with Gasteiger partial charge in [-0.05, 0) is 0 Å². The molecule has 1 rings (SSSR count). The Morgan fingerprint density at radius 1 is 1.17 bits per heavy atom. The van der Waals surface area contributed by atoms with Crippen LogP contribution in [-0.2, 0) is 0 Å². The quantitative estimate of drug-likeness (QED) is 0.523. The first-order valence-corrected chi connectivity index (χ1v) is 8.08. The number of halogens is 4. The van der Waals surface area contributed by atoms with E-state index < -0.39 is 8.16 Å². The van der Waals surface area contributed by atoms with Crippen LogP contribution >= 0.6 is 67.2 Å². The van der Waals surface area contributed by atoms with Gasteiger partial charge >= 0.3 is 103 Å². The molecule has 0 saturated carbocycles. The monoisotopic (exact) mass is 396 g/mol. The molecule has 0 N–H and O–H groups in total. The van der Waals surface area contributed by atoms with Crippen LogP contribution in [0.2, 0.25) is 0 Å². The van der Waals surface area contributed by atoms with Gasteiger partial charge < -0.3 is 0 Å². The fraction of sp³-hybridized carbons (Fsp3) is 0. The second-order valence-corrected chi connectivity index (χ2v) is 5.53. The summed E-state index contributed by atoms with van der Waals surface area (Å²) in [5.74, 6) is 0.784. The van der Waals surface area contributed by atoms with Crippen LogP contribution in [0.25, 0.3) is 0 Å². The van der Waals surface area contributed by atoms with E-state index in [1.165, 1.54) is 0 Å². The van der Waals surface area contributed by atoms with Crippen molar-refractivity contribution in [1.29, 1.82) is 0 Å². The molecule has 0 unspecified atom stereocenters. The Kier molecular flexibility index (Phi) is 4.84. The fourth-order valence-corrected chi connectivity index (χ4v) is 2.98. The minimum absolute atomic E-state index is 0.784. The van der Waals surface area contributed by atoms with Crippen LogP contribution in [0.5, 0.6) is 5.75 Å². The second-order valence-electron chi connectivity index (χ2n) is 1.93. The van der Waals surface area contributed by atoms with Crippen LogP contribution in [0.1, 0.15) is 0 Å². The van der Waals surface area contributed by atoms with Crippen LogP contribution < -0.4 is 4.52 Å². The predicted octanol–water partition coefficient (Wildman–Crippen LogP) is 4.56. The van der Waals surface area contributed by atoms with Crippen molar-refractivity contribution in [3.05, 3.63) is 25.6 Å². The molecule has 6 heteroatoms. The van der Waals surface area contributed by atoms with E-state index in [0.29, 0.717) is 0 Å². The average molecular weight is 399 g/mol. The van der Waals surface area contributed by atoms with Gasteiger partial charge in [-0.2, -0.15) is 0 Å². The molecule has 0 radical (unpaired) electrons. The van der Waals surface area contributed by atoms with Crippen LogP contribution in [0.15, 0.2) is 25.6 Å². The maximum atomic E-state index is 5.57. The summed E-state index contributed by atoms with van der Waals surface area (Å²) in [4.78, 5) is 0. The molecule has 1 nitrogen and oxygen atoms in total. The molecule has 0 bridgehead atoms. The molecule has 0 atom stereocenters. The van der Waals surface area contributed by atoms with E-state index in [2.05, 4.69) is 47.8 Å². The molecular formula is C6H5Br3ClOP. The molecule has 0 saturated heterocycles. The Balaban J connectivity index is 3.08. The third kappa shape index (κ3) is 2.58. The van der Waals surface area contributed by atoms with Crippen molar-refractivity contribution < 1.29 is 4.52 Å². The van der Waals surface area contributed by atoms with E-state index in [1.54, 1.807) is 0 Å². The first kappa shape index (κ1) is 11.3. The van der Waals surface area contributed by atoms with Gasteiger partial charge in [0.25, 0.3) is 0 Å². The van der Waals surface area contributed by atoms with Gasteiger partial charge in [0.2, 0.25) is 0 Å². The molecule has 0 heterocycles. The van der Waals surface area contributed by atoms with Gasteiger partial charge in [0.15, 0.2) is 0 Å². The zero-order chi connectivity index (χ0) is 9.14. The van der Waals surface area contributed by atoms with Crippen LogP contribution in [-0.4, -0.2) is 0 Å². The zero-order valence-electron chi connectivity index (χ0n) is 5.78. The third-order valence-corrected chi connectivity index (χ3v) is 5.29. The van der Waals surface area contributed by atoms with E-state index in [4.69, 9.17) is 15.8 Å². The van der Waals surface area contributed by atoms with E-state index in [1.807, 2.05) is 12.1 Å². The molecule has 0 aliphatic heterocycles. The van der Waals surface area contributed by atoms with E-state index in [-0.39, 0.29) is 0 Å². The maximum absolute atomic E-state index is 5.57. The Morgan fingerprint density at radius 3 is 2.42 bits per heavy atom. The first-order valence-electron chi connectivity index (χ1n) is 2.99. The van der Waals surface area contributed by atoms with E-state index in [0.717, 1.165) is 19.2 Å². The van der Waals surface area contributed by atoms with E-state index in [9.17, 15) is 0 Å². The molecule has 0 aliphatic rings. The third-order valence-electron chi connectivity index (χ3n) is 1.21. The van der Waals surface area contributed by atoms with Crippen molar-refractivity contribution in [2.24, 2.45) is 0 Å². The van der Waals surface area contributed by atoms with Gasteiger partial charge in [-0.3, -0.25) is 0 Å². The molecule has 0 amide bonds. The molecule has 1 aromatic carbocycles. The summed E-state index contributed by atoms with van der Waals surface area (Å²) in [7, 11) is -0.928. The molecule has 68 valence electrons. The number of hydrogen-bond acceptors (Lipinski definition) is 1. The molecule has 0 aromatic heterocycles. The molecule has 0 spiro atoms. The summed E-state index contributed by atoms with van der Waals surface area (Å²) in [6, 6.07) is 3.78. The molecule has 12 heavy (non-hydrogen) atoms. The normalized spacial score (nSPS) is 10.3. The number of hydrogen-bond donors (Lipinski definition) is 0. The summed E-state index contributed by atoms with van der Waals surface area (Å²) >= 11 is 15.7. The van der Waals surface area contributed by atoms with Crippen molar-refractivity contribution in [3.63, 3.8) is 0 Å². The molecule has 0 aliphatic carbocycles. The van der Waals surface area contributed by atoms with Crippen LogP contribution in [0.4, 0.5) is 0 Å². The topological polar surface area (TPSA) is 9.23 Å². The van der Waals surface area contributed by atoms with Crippen molar-refractivity contribution in [2.45, 2.75) is 0 Å². The van der Waals surface area contributed by atoms with Crippen molar-refractivity contribution in [2.75, 3.05) is 0 Å². The van der Waals surface area contributed by atoms with Gasteiger partial charge in [0, 0.05) is 0 Å². The van der Waals surface area contributed by atoms with Gasteiger partial charge in [-0.1, -0.05) is 0 Å². The first-order chi connectivity index (χ1) is 5.66. The summed E-state index contributed by atoms with van der Waals surface area (Å²) in [5, 5.41) is 0. The number of benzene rings is 1. The van der Waals surface area contributed by atoms with Gasteiger partial charge in [-0.15, -0.1) is 0 Å². The predicted molar refractivity (Wildman–Crippen MR) is 67.1 cm³/mol. The van der Waals surface area contributed by atoms with Crippen LogP contribution in [0.3, 0.4) is 0 Å². The molecule has 1 aromatic rings. The Hall–Kier alpha value is 1.18. The average Bonchev–Trinajstić information content (AvgIpc) is 2.07. The van der Waals surface area contributed by atoms with Gasteiger partial charge in [-0.25, -0.2) is 0 Å². The standard InChI is InChI=1S/C6H5Br3ClOP/c7-3-1-2-4(11-12-10)6(9)5(3)8/h1-2H,12H3. The minimum atomic E-state index is -0.928. The fourth-order valence-electron chi connectivity index (χ4n) is 0.678. The summed E-state index contributed by atoms with van der Waals surface area (Å²) < 4.78 is 8.10. The van der Waals surface area contributed by atoms with E-state index >= 15 is 0 Å². The van der Waals surface area contributed by atoms with Crippen molar-refractivity contribution in [1.82, 2.24) is 0 Å². The zero-order valence-corrected chi connectivity index (χ0v) is 12.7. The molecule has 0 fully saturated rings. The Bertz CT molecular complexity index is 294. The second kappa shape index (κ2) is 5.16. The Labute approximate surface area is 102 Å². The number of rotatable bonds is 2. The summed E-state index contributed by atoms with van der Waals surface area (Å²) in [6.45, 7) is 0. The van der Waals surface area contributed by atoms with Crippen molar-refractivity contribution >= 4 is 67.2 Å². The van der Waals surface area contributed by atoms with Gasteiger partial charge in [0.1, 0.15) is 0 Å².